The fourth-order valence-electron chi connectivity index (χ4n) is 7.46. The third-order valence-corrected chi connectivity index (χ3v) is 11.2. The zero-order valence-electron chi connectivity index (χ0n) is 38.3. The van der Waals surface area contributed by atoms with Crippen molar-refractivity contribution in [2.45, 2.75) is 278 Å². The molecule has 0 saturated carbocycles. The largest absolute Gasteiger partial charge is 0.462 e. The molecule has 1 atom stereocenters. The summed E-state index contributed by atoms with van der Waals surface area (Å²) < 4.78 is 16.8. The Kier molecular flexibility index (Phi) is 41.8. The van der Waals surface area contributed by atoms with E-state index in [9.17, 15) is 14.4 Å². The molecule has 0 radical (unpaired) electrons. The number of rotatable bonds is 44. The molecule has 0 aromatic carbocycles. The number of ether oxygens (including phenoxy) is 3. The first-order chi connectivity index (χ1) is 27.2. The fraction of sp³-hybridized carbons (Fsp3) is 0.940. The molecule has 0 amide bonds. The van der Waals surface area contributed by atoms with Crippen LogP contribution in [-0.4, -0.2) is 37.2 Å². The second-order valence-corrected chi connectivity index (χ2v) is 18.1. The SMILES string of the molecule is CCCCCCCCCCCCCCCCC(=O)OC[C@@H](COC(=O)CCCCCCCCC(C)C)OC(=O)CCCCCCCCCCCCCCC(C)C. The van der Waals surface area contributed by atoms with E-state index in [1.807, 2.05) is 0 Å². The first-order valence-corrected chi connectivity index (χ1v) is 24.7. The predicted molar refractivity (Wildman–Crippen MR) is 238 cm³/mol. The smallest absolute Gasteiger partial charge is 0.306 e. The molecule has 0 saturated heterocycles. The van der Waals surface area contributed by atoms with Crippen LogP contribution >= 0.6 is 0 Å². The zero-order valence-corrected chi connectivity index (χ0v) is 38.3. The van der Waals surface area contributed by atoms with Gasteiger partial charge in [0.2, 0.25) is 0 Å². The molecule has 0 N–H and O–H groups in total. The van der Waals surface area contributed by atoms with Crippen LogP contribution in [0.15, 0.2) is 0 Å². The van der Waals surface area contributed by atoms with E-state index in [0.29, 0.717) is 19.3 Å². The third-order valence-electron chi connectivity index (χ3n) is 11.2. The van der Waals surface area contributed by atoms with E-state index in [1.165, 1.54) is 161 Å². The molecule has 0 aliphatic heterocycles. The monoisotopic (exact) mass is 793 g/mol. The summed E-state index contributed by atoms with van der Waals surface area (Å²) in [5, 5.41) is 0. The maximum Gasteiger partial charge on any atom is 0.306 e. The van der Waals surface area contributed by atoms with Gasteiger partial charge in [0.05, 0.1) is 0 Å². The summed E-state index contributed by atoms with van der Waals surface area (Å²) in [6.45, 7) is 11.3. The minimum atomic E-state index is -0.761. The van der Waals surface area contributed by atoms with Crippen molar-refractivity contribution in [3.63, 3.8) is 0 Å². The summed E-state index contributed by atoms with van der Waals surface area (Å²) in [6, 6.07) is 0. The van der Waals surface area contributed by atoms with E-state index in [2.05, 4.69) is 34.6 Å². The van der Waals surface area contributed by atoms with Crippen LogP contribution in [0.25, 0.3) is 0 Å². The minimum Gasteiger partial charge on any atom is -0.462 e. The topological polar surface area (TPSA) is 78.9 Å². The van der Waals surface area contributed by atoms with E-state index in [-0.39, 0.29) is 31.1 Å². The normalized spacial score (nSPS) is 12.1. The molecule has 0 spiro atoms. The van der Waals surface area contributed by atoms with Crippen LogP contribution in [0.4, 0.5) is 0 Å². The highest BCUT2D eigenvalue weighted by molar-refractivity contribution is 5.71. The molecule has 0 fully saturated rings. The van der Waals surface area contributed by atoms with Crippen LogP contribution in [0, 0.1) is 11.8 Å². The molecular weight excluding hydrogens is 697 g/mol. The molecule has 332 valence electrons. The fourth-order valence-corrected chi connectivity index (χ4v) is 7.46. The minimum absolute atomic E-state index is 0.0647. The van der Waals surface area contributed by atoms with Gasteiger partial charge >= 0.3 is 17.9 Å². The van der Waals surface area contributed by atoms with Crippen molar-refractivity contribution in [2.24, 2.45) is 11.8 Å². The van der Waals surface area contributed by atoms with Gasteiger partial charge in [-0.25, -0.2) is 0 Å². The van der Waals surface area contributed by atoms with Crippen molar-refractivity contribution in [3.8, 4) is 0 Å². The van der Waals surface area contributed by atoms with Crippen LogP contribution in [0.1, 0.15) is 272 Å². The van der Waals surface area contributed by atoms with Crippen molar-refractivity contribution in [1.82, 2.24) is 0 Å². The van der Waals surface area contributed by atoms with Crippen LogP contribution < -0.4 is 0 Å². The molecule has 0 aliphatic rings. The van der Waals surface area contributed by atoms with Crippen molar-refractivity contribution in [3.05, 3.63) is 0 Å². The van der Waals surface area contributed by atoms with E-state index >= 15 is 0 Å². The van der Waals surface area contributed by atoms with Crippen LogP contribution in [0.5, 0.6) is 0 Å². The lowest BCUT2D eigenvalue weighted by atomic mass is 10.0. The maximum atomic E-state index is 12.7. The van der Waals surface area contributed by atoms with Gasteiger partial charge in [-0.2, -0.15) is 0 Å². The Morgan fingerprint density at radius 2 is 0.589 bits per heavy atom. The summed E-state index contributed by atoms with van der Waals surface area (Å²) in [4.78, 5) is 37.8. The number of carbonyl (C=O) groups is 3. The Morgan fingerprint density at radius 3 is 0.875 bits per heavy atom. The number of esters is 3. The Labute approximate surface area is 348 Å². The van der Waals surface area contributed by atoms with Gasteiger partial charge in [0.1, 0.15) is 13.2 Å². The predicted octanol–water partition coefficient (Wildman–Crippen LogP) is 15.8. The lowest BCUT2D eigenvalue weighted by Gasteiger charge is -2.18. The van der Waals surface area contributed by atoms with Gasteiger partial charge in [0.15, 0.2) is 6.10 Å². The standard InChI is InChI=1S/C50H96O6/c1-6-7-8-9-10-11-12-13-14-18-21-24-30-35-40-48(51)54-43-47(44-55-49(52)41-36-31-27-26-29-34-39-46(4)5)56-50(53)42-37-32-25-22-19-16-15-17-20-23-28-33-38-45(2)3/h45-47H,6-44H2,1-5H3/t47-/m0/s1. The van der Waals surface area contributed by atoms with Crippen LogP contribution in [0.3, 0.4) is 0 Å². The third kappa shape index (κ3) is 43.5. The number of hydrogen-bond donors (Lipinski definition) is 0. The van der Waals surface area contributed by atoms with Gasteiger partial charge in [-0.05, 0) is 31.1 Å². The van der Waals surface area contributed by atoms with Gasteiger partial charge < -0.3 is 14.2 Å². The molecule has 0 bridgehead atoms. The molecule has 0 aliphatic carbocycles. The van der Waals surface area contributed by atoms with Gasteiger partial charge in [0.25, 0.3) is 0 Å². The van der Waals surface area contributed by atoms with Gasteiger partial charge in [-0.15, -0.1) is 0 Å². The Balaban J connectivity index is 4.29. The van der Waals surface area contributed by atoms with E-state index in [1.54, 1.807) is 0 Å². The van der Waals surface area contributed by atoms with E-state index in [4.69, 9.17) is 14.2 Å². The van der Waals surface area contributed by atoms with Gasteiger partial charge in [-0.3, -0.25) is 14.4 Å². The van der Waals surface area contributed by atoms with Crippen molar-refractivity contribution in [2.75, 3.05) is 13.2 Å². The average molecular weight is 793 g/mol. The molecule has 56 heavy (non-hydrogen) atoms. The first-order valence-electron chi connectivity index (χ1n) is 24.7. The summed E-state index contributed by atoms with van der Waals surface area (Å²) >= 11 is 0. The molecule has 0 rings (SSSR count). The first kappa shape index (κ1) is 54.4. The molecule has 6 nitrogen and oxygen atoms in total. The summed E-state index contributed by atoms with van der Waals surface area (Å²) in [7, 11) is 0. The van der Waals surface area contributed by atoms with Gasteiger partial charge in [0, 0.05) is 19.3 Å². The molecule has 6 heteroatoms. The molecule has 0 unspecified atom stereocenters. The Morgan fingerprint density at radius 1 is 0.339 bits per heavy atom. The van der Waals surface area contributed by atoms with E-state index < -0.39 is 6.10 Å². The zero-order chi connectivity index (χ0) is 41.2. The lowest BCUT2D eigenvalue weighted by molar-refractivity contribution is -0.167. The van der Waals surface area contributed by atoms with Crippen molar-refractivity contribution >= 4 is 17.9 Å². The molecule has 0 aromatic rings. The number of carbonyl (C=O) groups excluding carboxylic acids is 3. The van der Waals surface area contributed by atoms with Crippen LogP contribution in [-0.2, 0) is 28.6 Å². The number of hydrogen-bond acceptors (Lipinski definition) is 6. The highest BCUT2D eigenvalue weighted by Gasteiger charge is 2.19. The quantitative estimate of drug-likeness (QED) is 0.0347. The maximum absolute atomic E-state index is 12.7. The van der Waals surface area contributed by atoms with Crippen molar-refractivity contribution < 1.29 is 28.6 Å². The highest BCUT2D eigenvalue weighted by Crippen LogP contribution is 2.17. The van der Waals surface area contributed by atoms with Crippen molar-refractivity contribution in [1.29, 1.82) is 0 Å². The molecular formula is C50H96O6. The summed E-state index contributed by atoms with van der Waals surface area (Å²) in [6.07, 6.45) is 42.4. The average Bonchev–Trinajstić information content (AvgIpc) is 3.16. The van der Waals surface area contributed by atoms with E-state index in [0.717, 1.165) is 69.6 Å². The Hall–Kier alpha value is -1.59. The lowest BCUT2D eigenvalue weighted by Crippen LogP contribution is -2.30. The molecule has 0 heterocycles. The highest BCUT2D eigenvalue weighted by atomic mass is 16.6. The summed E-state index contributed by atoms with van der Waals surface area (Å²) in [5.41, 5.74) is 0. The van der Waals surface area contributed by atoms with Crippen LogP contribution in [0.2, 0.25) is 0 Å². The summed E-state index contributed by atoms with van der Waals surface area (Å²) in [5.74, 6) is 0.740. The second kappa shape index (κ2) is 43.0. The molecule has 0 aromatic heterocycles. The second-order valence-electron chi connectivity index (χ2n) is 18.1. The number of unbranched alkanes of at least 4 members (excludes halogenated alkanes) is 29. The van der Waals surface area contributed by atoms with Gasteiger partial charge in [-0.1, -0.05) is 234 Å². The Bertz CT molecular complexity index is 854.